The van der Waals surface area contributed by atoms with Crippen LogP contribution in [-0.2, 0) is 9.47 Å². The van der Waals surface area contributed by atoms with Crippen molar-refractivity contribution in [1.82, 2.24) is 10.3 Å². The van der Waals surface area contributed by atoms with Crippen molar-refractivity contribution >= 4 is 34.3 Å². The van der Waals surface area contributed by atoms with Crippen LogP contribution < -0.4 is 15.1 Å². The van der Waals surface area contributed by atoms with Gasteiger partial charge in [0.15, 0.2) is 0 Å². The van der Waals surface area contributed by atoms with Gasteiger partial charge in [-0.25, -0.2) is 14.2 Å². The number of carbonyl (C=O) groups is 2. The number of morpholine rings is 1. The monoisotopic (exact) mass is 450 g/mol. The van der Waals surface area contributed by atoms with E-state index in [2.05, 4.69) is 10.3 Å². The number of nitrogens with one attached hydrogen (secondary N) is 1. The Bertz CT molecular complexity index is 1200. The van der Waals surface area contributed by atoms with Crippen molar-refractivity contribution in [3.8, 4) is 0 Å². The molecule has 2 aromatic carbocycles. The maximum Gasteiger partial charge on any atom is 0.414 e. The van der Waals surface area contributed by atoms with Gasteiger partial charge in [0.25, 0.3) is 5.91 Å². The second kappa shape index (κ2) is 9.03. The molecule has 2 saturated heterocycles. The quantitative estimate of drug-likeness (QED) is 0.644. The van der Waals surface area contributed by atoms with Gasteiger partial charge in [-0.3, -0.25) is 9.69 Å². The minimum atomic E-state index is -0.573. The van der Waals surface area contributed by atoms with E-state index < -0.39 is 18.0 Å². The smallest absolute Gasteiger partial charge is 0.414 e. The molecule has 9 heteroatoms. The highest BCUT2D eigenvalue weighted by Crippen LogP contribution is 2.28. The summed E-state index contributed by atoms with van der Waals surface area (Å²) in [6.45, 7) is 2.69. The topological polar surface area (TPSA) is 84.0 Å². The Labute approximate surface area is 189 Å². The molecular weight excluding hydrogens is 427 g/mol. The minimum Gasteiger partial charge on any atom is -0.442 e. The summed E-state index contributed by atoms with van der Waals surface area (Å²) >= 11 is 0. The maximum atomic E-state index is 14.7. The van der Waals surface area contributed by atoms with Gasteiger partial charge in [0.2, 0.25) is 0 Å². The summed E-state index contributed by atoms with van der Waals surface area (Å²) in [5, 5.41) is 3.71. The third-order valence-corrected chi connectivity index (χ3v) is 5.79. The zero-order chi connectivity index (χ0) is 22.8. The molecule has 0 unspecified atom stereocenters. The van der Waals surface area contributed by atoms with Gasteiger partial charge in [0, 0.05) is 18.5 Å². The van der Waals surface area contributed by atoms with Crippen LogP contribution >= 0.6 is 0 Å². The molecule has 5 rings (SSSR count). The van der Waals surface area contributed by atoms with Crippen LogP contribution in [0.4, 0.5) is 20.6 Å². The van der Waals surface area contributed by atoms with E-state index in [1.165, 1.54) is 11.0 Å². The summed E-state index contributed by atoms with van der Waals surface area (Å²) in [7, 11) is 0. The number of carbonyl (C=O) groups excluding carboxylic acids is 2. The average molecular weight is 450 g/mol. The number of rotatable bonds is 5. The first-order valence-corrected chi connectivity index (χ1v) is 10.8. The lowest BCUT2D eigenvalue weighted by molar-refractivity contribution is 0.0911. The van der Waals surface area contributed by atoms with E-state index in [0.29, 0.717) is 37.7 Å². The Morgan fingerprint density at radius 1 is 1.12 bits per heavy atom. The molecule has 0 saturated carbocycles. The number of benzene rings is 2. The molecule has 2 amide bonds. The fourth-order valence-electron chi connectivity index (χ4n) is 4.05. The first kappa shape index (κ1) is 21.1. The van der Waals surface area contributed by atoms with Crippen molar-refractivity contribution in [2.75, 3.05) is 49.2 Å². The Morgan fingerprint density at radius 2 is 1.94 bits per heavy atom. The van der Waals surface area contributed by atoms with E-state index in [-0.39, 0.29) is 24.7 Å². The van der Waals surface area contributed by atoms with E-state index in [1.807, 2.05) is 35.2 Å². The highest BCUT2D eigenvalue weighted by molar-refractivity contribution is 5.95. The molecule has 3 aromatic rings. The number of hydrogen-bond acceptors (Lipinski definition) is 6. The minimum absolute atomic E-state index is 0.129. The summed E-state index contributed by atoms with van der Waals surface area (Å²) in [5.74, 6) is -0.752. The molecule has 1 atom stereocenters. The number of halogens is 1. The van der Waals surface area contributed by atoms with Crippen LogP contribution in [0.25, 0.3) is 10.9 Å². The number of hydrogen-bond donors (Lipinski definition) is 1. The van der Waals surface area contributed by atoms with E-state index >= 15 is 0 Å². The predicted octanol–water partition coefficient (Wildman–Crippen LogP) is 2.97. The number of fused-ring (bicyclic) bond motifs is 1. The molecule has 0 radical (unpaired) electrons. The number of aromatic nitrogens is 1. The first-order chi connectivity index (χ1) is 16.1. The van der Waals surface area contributed by atoms with Gasteiger partial charge in [-0.1, -0.05) is 24.3 Å². The standard InChI is InChI=1S/C24H23FN4O4/c25-19-13-17(6-8-22(19)28-9-11-32-12-10-28)29-15-18(33-24(29)31)14-26-23(30)21-7-5-16-3-1-2-4-20(16)27-21/h1-8,13,18H,9-12,14-15H2,(H,26,30)/t18-/m0/s1. The van der Waals surface area contributed by atoms with Crippen molar-refractivity contribution in [3.63, 3.8) is 0 Å². The molecule has 3 heterocycles. The van der Waals surface area contributed by atoms with Crippen LogP contribution in [0.15, 0.2) is 54.6 Å². The number of pyridine rings is 1. The number of ether oxygens (including phenoxy) is 2. The van der Waals surface area contributed by atoms with Gasteiger partial charge in [0.1, 0.15) is 17.6 Å². The van der Waals surface area contributed by atoms with Crippen LogP contribution in [0.1, 0.15) is 10.5 Å². The second-order valence-electron chi connectivity index (χ2n) is 7.95. The second-order valence-corrected chi connectivity index (χ2v) is 7.95. The zero-order valence-electron chi connectivity index (χ0n) is 17.9. The van der Waals surface area contributed by atoms with E-state index in [0.717, 1.165) is 10.9 Å². The summed E-state index contributed by atoms with van der Waals surface area (Å²) in [6.07, 6.45) is -1.12. The summed E-state index contributed by atoms with van der Waals surface area (Å²) < 4.78 is 25.4. The fourth-order valence-corrected chi connectivity index (χ4v) is 4.05. The largest absolute Gasteiger partial charge is 0.442 e. The van der Waals surface area contributed by atoms with Crippen molar-refractivity contribution in [2.45, 2.75) is 6.10 Å². The Hall–Kier alpha value is -3.72. The number of amides is 2. The molecule has 0 spiro atoms. The van der Waals surface area contributed by atoms with Crippen LogP contribution in [0.2, 0.25) is 0 Å². The lowest BCUT2D eigenvalue weighted by Crippen LogP contribution is -2.37. The first-order valence-electron chi connectivity index (χ1n) is 10.8. The molecule has 33 heavy (non-hydrogen) atoms. The molecule has 0 bridgehead atoms. The van der Waals surface area contributed by atoms with Crippen molar-refractivity contribution in [3.05, 3.63) is 66.1 Å². The highest BCUT2D eigenvalue weighted by atomic mass is 19.1. The van der Waals surface area contributed by atoms with E-state index in [9.17, 15) is 14.0 Å². The van der Waals surface area contributed by atoms with Gasteiger partial charge in [0.05, 0.1) is 43.2 Å². The van der Waals surface area contributed by atoms with Gasteiger partial charge in [-0.2, -0.15) is 0 Å². The van der Waals surface area contributed by atoms with Crippen molar-refractivity contribution in [2.24, 2.45) is 0 Å². The molecule has 2 fully saturated rings. The van der Waals surface area contributed by atoms with Crippen molar-refractivity contribution < 1.29 is 23.5 Å². The molecule has 2 aliphatic rings. The van der Waals surface area contributed by atoms with Gasteiger partial charge in [-0.05, 0) is 30.3 Å². The average Bonchev–Trinajstić information content (AvgIpc) is 3.23. The Balaban J connectivity index is 1.21. The Kier molecular flexibility index (Phi) is 5.78. The van der Waals surface area contributed by atoms with Crippen LogP contribution in [-0.4, -0.2) is 62.5 Å². The molecule has 1 aromatic heterocycles. The van der Waals surface area contributed by atoms with Gasteiger partial charge in [-0.15, -0.1) is 0 Å². The van der Waals surface area contributed by atoms with E-state index in [1.54, 1.807) is 18.2 Å². The van der Waals surface area contributed by atoms with Gasteiger partial charge >= 0.3 is 6.09 Å². The highest BCUT2D eigenvalue weighted by Gasteiger charge is 2.33. The third kappa shape index (κ3) is 4.45. The molecule has 0 aliphatic carbocycles. The number of anilines is 2. The summed E-state index contributed by atoms with van der Waals surface area (Å²) in [6, 6.07) is 15.7. The van der Waals surface area contributed by atoms with Crippen molar-refractivity contribution in [1.29, 1.82) is 0 Å². The summed E-state index contributed by atoms with van der Waals surface area (Å²) in [5.41, 5.74) is 1.92. The number of para-hydroxylation sites is 1. The zero-order valence-corrected chi connectivity index (χ0v) is 17.9. The third-order valence-electron chi connectivity index (χ3n) is 5.79. The molecule has 1 N–H and O–H groups in total. The number of cyclic esters (lactones) is 1. The normalized spacial score (nSPS) is 18.5. The molecule has 170 valence electrons. The Morgan fingerprint density at radius 3 is 2.76 bits per heavy atom. The van der Waals surface area contributed by atoms with E-state index in [4.69, 9.17) is 9.47 Å². The van der Waals surface area contributed by atoms with Crippen LogP contribution in [0.3, 0.4) is 0 Å². The summed E-state index contributed by atoms with van der Waals surface area (Å²) in [4.78, 5) is 32.6. The molecule has 2 aliphatic heterocycles. The van der Waals surface area contributed by atoms with Crippen LogP contribution in [0, 0.1) is 5.82 Å². The molecule has 8 nitrogen and oxygen atoms in total. The van der Waals surface area contributed by atoms with Crippen LogP contribution in [0.5, 0.6) is 0 Å². The van der Waals surface area contributed by atoms with Gasteiger partial charge < -0.3 is 19.7 Å². The predicted molar refractivity (Wildman–Crippen MR) is 121 cm³/mol. The lowest BCUT2D eigenvalue weighted by Gasteiger charge is -2.29. The maximum absolute atomic E-state index is 14.7. The number of nitrogens with zero attached hydrogens (tertiary/aromatic N) is 3. The fraction of sp³-hybridized carbons (Fsp3) is 0.292. The molecular formula is C24H23FN4O4. The lowest BCUT2D eigenvalue weighted by atomic mass is 10.2. The SMILES string of the molecule is O=C(NC[C@H]1CN(c2ccc(N3CCOCC3)c(F)c2)C(=O)O1)c1ccc2ccccc2n1.